The number of carbonyl (C=O) groups is 7. The van der Waals surface area contributed by atoms with Gasteiger partial charge >= 0.3 is 0 Å². The first-order chi connectivity index (χ1) is 53.3. The van der Waals surface area contributed by atoms with Crippen LogP contribution in [0.25, 0.3) is 22.3 Å². The summed E-state index contributed by atoms with van der Waals surface area (Å²) in [4.78, 5) is 114. The summed E-state index contributed by atoms with van der Waals surface area (Å²) in [5.74, 6) is -13.2. The van der Waals surface area contributed by atoms with Gasteiger partial charge in [0.1, 0.15) is 88.6 Å². The van der Waals surface area contributed by atoms with Gasteiger partial charge < -0.3 is 97.8 Å². The van der Waals surface area contributed by atoms with E-state index in [0.29, 0.717) is 51.3 Å². The molecule has 17 bridgehead atoms. The molecule has 30 heteroatoms. The van der Waals surface area contributed by atoms with Gasteiger partial charge in [0.05, 0.1) is 15.6 Å². The Bertz CT molecular complexity index is 5180. The van der Waals surface area contributed by atoms with Crippen molar-refractivity contribution < 1.29 is 83.5 Å². The van der Waals surface area contributed by atoms with E-state index in [9.17, 15) is 40.5 Å². The van der Waals surface area contributed by atoms with Gasteiger partial charge in [0.15, 0.2) is 23.0 Å². The number of nitrogens with two attached hydrogens (primary N) is 1. The van der Waals surface area contributed by atoms with Gasteiger partial charge in [-0.1, -0.05) is 102 Å². The third-order valence-electron chi connectivity index (χ3n) is 20.1. The number of nitrogens with one attached hydrogen (secondary N) is 7. The van der Waals surface area contributed by atoms with Crippen molar-refractivity contribution in [1.29, 1.82) is 0 Å². The number of benzene rings is 9. The smallest absolute Gasteiger partial charge is 0.248 e. The van der Waals surface area contributed by atoms with Crippen LogP contribution in [0, 0.1) is 0 Å². The van der Waals surface area contributed by atoms with Crippen molar-refractivity contribution in [2.24, 2.45) is 5.73 Å². The lowest BCUT2D eigenvalue weighted by atomic mass is 9.87. The predicted octanol–water partition coefficient (Wildman–Crippen LogP) is 7.95. The molecule has 9 aromatic carbocycles. The van der Waals surface area contributed by atoms with Crippen molar-refractivity contribution in [2.45, 2.75) is 74.3 Å². The van der Waals surface area contributed by atoms with Crippen LogP contribution in [-0.4, -0.2) is 157 Å². The highest BCUT2D eigenvalue weighted by Gasteiger charge is 2.42. The first-order valence-electron chi connectivity index (χ1n) is 35.6. The van der Waals surface area contributed by atoms with Crippen LogP contribution in [0.2, 0.25) is 10.0 Å². The summed E-state index contributed by atoms with van der Waals surface area (Å²) < 4.78 is 18.8. The number of nitrogens with zero attached hydrogens (tertiary/aromatic N) is 3. The number of ether oxygens (including phenoxy) is 3. The molecule has 0 spiro atoms. The Labute approximate surface area is 645 Å². The Morgan fingerprint density at radius 1 is 0.532 bits per heavy atom. The number of fused-ring (bicyclic) bond motifs is 14. The maximum atomic E-state index is 16.2. The Balaban J connectivity index is 0.906. The maximum absolute atomic E-state index is 16.2. The highest BCUT2D eigenvalue weighted by atomic mass is 35.5. The average molecular weight is 1550 g/mol. The number of phenolic OH excluding ortho intramolecular Hbond substituents is 6. The number of aromatic hydroxyl groups is 6. The van der Waals surface area contributed by atoms with Gasteiger partial charge in [-0.05, 0) is 162 Å². The molecule has 28 nitrogen and oxygen atoms in total. The first kappa shape index (κ1) is 75.7. The molecule has 16 rings (SSSR count). The van der Waals surface area contributed by atoms with Crippen molar-refractivity contribution in [1.82, 2.24) is 51.9 Å². The Hall–Kier alpha value is -12.2. The molecule has 8 atom stereocenters. The number of halogens is 2. The second-order valence-electron chi connectivity index (χ2n) is 28.1. The molecule has 7 heterocycles. The molecule has 7 amide bonds. The SMILES string of the molecule is CN(C)CCCNC(=O)[C@H]1NC(=O)[C@H]2NC(=O)[C@H](NC(=O)[C@@H]3NC(=O)[C@H]4NC(=O)[C@@H](Cc5ccc(c(Cl)c5)Oc5cc3cc(c5O)Oc3ccc(cc3Cl)[C@H]2O)NC(=O)[C@H](N)c2ccc(O)c(c2)Oc2cc(O)cc4c2)c2ccc(O)c(c2)-c2c1cc(O)c(CN1CCN(Cc3ccc(-c4ccccc4)cc3)CC1)c2O. The molecular weight excluding hydrogens is 1470 g/mol. The average Bonchev–Trinajstić information content (AvgIpc) is 0.751. The number of piperazine rings is 1. The van der Waals surface area contributed by atoms with Crippen molar-refractivity contribution in [3.63, 3.8) is 0 Å². The minimum Gasteiger partial charge on any atom is -0.508 e. The molecule has 0 radical (unpaired) electrons. The molecular formula is C81H77Cl2N11O17. The number of hydrogen-bond acceptors (Lipinski definition) is 21. The van der Waals surface area contributed by atoms with Crippen LogP contribution in [0.5, 0.6) is 69.0 Å². The van der Waals surface area contributed by atoms with Crippen LogP contribution >= 0.6 is 23.2 Å². The van der Waals surface area contributed by atoms with Crippen LogP contribution in [0.3, 0.4) is 0 Å². The van der Waals surface area contributed by atoms with E-state index in [1.807, 2.05) is 54.2 Å². The molecule has 1 fully saturated rings. The van der Waals surface area contributed by atoms with E-state index in [2.05, 4.69) is 66.4 Å². The zero-order chi connectivity index (χ0) is 78.2. The van der Waals surface area contributed by atoms with E-state index in [-0.39, 0.29) is 103 Å². The predicted molar refractivity (Wildman–Crippen MR) is 406 cm³/mol. The fraction of sp³-hybridized carbons (Fsp3) is 0.247. The quantitative estimate of drug-likeness (QED) is 0.0577. The van der Waals surface area contributed by atoms with Gasteiger partial charge in [-0.15, -0.1) is 0 Å². The Morgan fingerprint density at radius 2 is 1.13 bits per heavy atom. The van der Waals surface area contributed by atoms with Crippen LogP contribution in [0.15, 0.2) is 164 Å². The van der Waals surface area contributed by atoms with Crippen molar-refractivity contribution in [3.8, 4) is 91.2 Å². The molecule has 572 valence electrons. The van der Waals surface area contributed by atoms with Gasteiger partial charge in [0.25, 0.3) is 0 Å². The third-order valence-corrected chi connectivity index (χ3v) is 20.7. The van der Waals surface area contributed by atoms with E-state index in [1.54, 1.807) is 0 Å². The molecule has 7 aliphatic rings. The fourth-order valence-corrected chi connectivity index (χ4v) is 14.7. The summed E-state index contributed by atoms with van der Waals surface area (Å²) >= 11 is 14.0. The van der Waals surface area contributed by atoms with Crippen molar-refractivity contribution in [2.75, 3.05) is 53.4 Å². The summed E-state index contributed by atoms with van der Waals surface area (Å²) in [6.07, 6.45) is -2.05. The third kappa shape index (κ3) is 16.3. The van der Waals surface area contributed by atoms with Crippen LogP contribution < -0.4 is 57.2 Å². The van der Waals surface area contributed by atoms with E-state index < -0.39 is 136 Å². The number of aliphatic hydroxyl groups excluding tert-OH is 1. The van der Waals surface area contributed by atoms with Gasteiger partial charge in [-0.2, -0.15) is 0 Å². The summed E-state index contributed by atoms with van der Waals surface area (Å²) in [6.45, 7) is 3.15. The molecule has 0 aliphatic carbocycles. The van der Waals surface area contributed by atoms with Gasteiger partial charge in [-0.3, -0.25) is 43.4 Å². The normalized spacial score (nSPS) is 20.8. The molecule has 0 unspecified atom stereocenters. The maximum Gasteiger partial charge on any atom is 0.248 e. The molecule has 0 aromatic heterocycles. The first-order valence-corrected chi connectivity index (χ1v) is 36.4. The highest BCUT2D eigenvalue weighted by Crippen LogP contribution is 2.50. The number of rotatable bonds is 10. The second-order valence-corrected chi connectivity index (χ2v) is 28.9. The Morgan fingerprint density at radius 3 is 1.80 bits per heavy atom. The molecule has 16 N–H and O–H groups in total. The van der Waals surface area contributed by atoms with Gasteiger partial charge in [-0.25, -0.2) is 0 Å². The topological polar surface area (TPSA) is 409 Å². The summed E-state index contributed by atoms with van der Waals surface area (Å²) in [5.41, 5.74) is 8.37. The van der Waals surface area contributed by atoms with Crippen LogP contribution in [0.4, 0.5) is 0 Å². The fourth-order valence-electron chi connectivity index (χ4n) is 14.2. The van der Waals surface area contributed by atoms with Crippen molar-refractivity contribution >= 4 is 64.6 Å². The standard InChI is InChI=1S/C81H77Cl2N11O17/c1-92(2)22-6-21-85-77(104)70-52-37-59(98)53(39-94-25-23-93(24-26-94)38-40-9-12-43(13-10-40)42-7-4-3-5-8-42)73(100)65(52)51-31-45(15-17-57(51)96)67-78(105)91-71(81(108)90-70)72(99)46-16-20-61(55(83)32-46)111-64-35-48-34-63(74(64)101)110-60-19-11-41(27-54(60)82)28-56-75(102)87-68(79(106)89-69(48)80(107)88-67)47-29-49(95)36-50(30-47)109-62-33-44(14-18-58(62)97)66(84)76(103)86-56/h3-5,7-20,27,29-37,56,66-72,95-101H,6,21-26,28,38-39,84H2,1-2H3,(H,85,104)(H,86,103)(H,87,102)(H,88,107)(H,89,106)(H,90,108)(H,91,105)/t56-,66-,67-,68+,69-,70+,71+,72-/m1/s1. The van der Waals surface area contributed by atoms with Crippen molar-refractivity contribution in [3.05, 3.63) is 224 Å². The number of amides is 7. The van der Waals surface area contributed by atoms with E-state index in [0.717, 1.165) is 47.0 Å². The largest absolute Gasteiger partial charge is 0.508 e. The lowest BCUT2D eigenvalue weighted by molar-refractivity contribution is -0.137. The number of aliphatic hydroxyl groups is 1. The van der Waals surface area contributed by atoms with Crippen LogP contribution in [-0.2, 0) is 53.1 Å². The zero-order valence-electron chi connectivity index (χ0n) is 59.7. The summed E-state index contributed by atoms with van der Waals surface area (Å²) in [5, 5.41) is 104. The second kappa shape index (κ2) is 31.8. The highest BCUT2D eigenvalue weighted by molar-refractivity contribution is 6.32. The molecule has 111 heavy (non-hydrogen) atoms. The minimum atomic E-state index is -2.18. The minimum absolute atomic E-state index is 0.0368. The monoisotopic (exact) mass is 1550 g/mol. The Kier molecular flexibility index (Phi) is 21.7. The van der Waals surface area contributed by atoms with E-state index in [1.165, 1.54) is 78.9 Å². The van der Waals surface area contributed by atoms with Gasteiger partial charge in [0, 0.05) is 69.4 Å². The van der Waals surface area contributed by atoms with E-state index >= 15 is 28.8 Å². The molecule has 0 saturated carbocycles. The summed E-state index contributed by atoms with van der Waals surface area (Å²) in [7, 11) is 3.67. The lowest BCUT2D eigenvalue weighted by Gasteiger charge is -2.35. The van der Waals surface area contributed by atoms with Gasteiger partial charge in [0.2, 0.25) is 47.1 Å². The van der Waals surface area contributed by atoms with E-state index in [4.69, 9.17) is 43.1 Å². The zero-order valence-corrected chi connectivity index (χ0v) is 61.2. The number of carbonyl (C=O) groups excluding carboxylic acids is 7. The number of hydrogen-bond donors (Lipinski definition) is 15. The molecule has 1 saturated heterocycles. The van der Waals surface area contributed by atoms with Crippen LogP contribution in [0.1, 0.15) is 92.8 Å². The summed E-state index contributed by atoms with van der Waals surface area (Å²) in [6, 6.07) is 27.1. The molecule has 7 aliphatic heterocycles. The lowest BCUT2D eigenvalue weighted by Crippen LogP contribution is -2.56. The number of phenols is 6. The molecule has 9 aromatic rings.